The topological polar surface area (TPSA) is 84.6 Å². The van der Waals surface area contributed by atoms with E-state index in [9.17, 15) is 8.78 Å². The lowest BCUT2D eigenvalue weighted by atomic mass is 10.1. The fraction of sp³-hybridized carbons (Fsp3) is 0.300. The van der Waals surface area contributed by atoms with Gasteiger partial charge >= 0.3 is 0 Å². The predicted octanol–water partition coefficient (Wildman–Crippen LogP) is 2.43. The minimum Gasteiger partial charge on any atom is -0.298 e. The lowest BCUT2D eigenvalue weighted by Crippen LogP contribution is -2.24. The van der Waals surface area contributed by atoms with Gasteiger partial charge in [0.2, 0.25) is 0 Å². The van der Waals surface area contributed by atoms with Crippen molar-refractivity contribution in [3.63, 3.8) is 0 Å². The summed E-state index contributed by atoms with van der Waals surface area (Å²) in [6.07, 6.45) is 0. The van der Waals surface area contributed by atoms with Crippen molar-refractivity contribution in [2.75, 3.05) is 13.1 Å². The van der Waals surface area contributed by atoms with E-state index in [1.807, 2.05) is 0 Å². The summed E-state index contributed by atoms with van der Waals surface area (Å²) in [6, 6.07) is 4.03. The van der Waals surface area contributed by atoms with E-state index < -0.39 is 17.7 Å². The first-order valence-electron chi connectivity index (χ1n) is 4.78. The van der Waals surface area contributed by atoms with Crippen LogP contribution in [0.2, 0.25) is 0 Å². The Morgan fingerprint density at radius 2 is 2.12 bits per heavy atom. The van der Waals surface area contributed by atoms with E-state index in [2.05, 4.69) is 15.3 Å². The summed E-state index contributed by atoms with van der Waals surface area (Å²) < 4.78 is 26.7. The van der Waals surface area contributed by atoms with Crippen LogP contribution in [0.3, 0.4) is 0 Å². The van der Waals surface area contributed by atoms with Crippen LogP contribution >= 0.6 is 0 Å². The number of nitrogens with one attached hydrogen (secondary N) is 1. The number of hydrogen-bond acceptors (Lipinski definition) is 3. The highest BCUT2D eigenvalue weighted by Crippen LogP contribution is 2.19. The third-order valence-electron chi connectivity index (χ3n) is 2.04. The highest BCUT2D eigenvalue weighted by molar-refractivity contribution is 5.27. The largest absolute Gasteiger partial charge is 0.298 e. The lowest BCUT2D eigenvalue weighted by Gasteiger charge is -2.12. The number of halogens is 2. The smallest absolute Gasteiger partial charge is 0.131 e. The predicted molar refractivity (Wildman–Crippen MR) is 56.7 cm³/mol. The molecule has 0 saturated carbocycles. The Labute approximate surface area is 96.3 Å². The molecule has 88 valence electrons. The quantitative estimate of drug-likeness (QED) is 0.369. The van der Waals surface area contributed by atoms with Crippen LogP contribution in [0.5, 0.6) is 0 Å². The fourth-order valence-electron chi connectivity index (χ4n) is 1.30. The zero-order valence-corrected chi connectivity index (χ0v) is 8.77. The van der Waals surface area contributed by atoms with Gasteiger partial charge in [0, 0.05) is 18.0 Å². The summed E-state index contributed by atoms with van der Waals surface area (Å²) in [4.78, 5) is 2.52. The van der Waals surface area contributed by atoms with Gasteiger partial charge in [-0.25, -0.2) is 8.78 Å². The minimum atomic E-state index is -1.11. The van der Waals surface area contributed by atoms with E-state index in [4.69, 9.17) is 10.8 Å². The molecule has 1 rings (SSSR count). The van der Waals surface area contributed by atoms with Crippen LogP contribution in [0, 0.1) is 23.0 Å². The Balaban J connectivity index is 2.80. The van der Waals surface area contributed by atoms with Gasteiger partial charge in [0.15, 0.2) is 0 Å². The van der Waals surface area contributed by atoms with Crippen molar-refractivity contribution in [3.05, 3.63) is 45.8 Å². The first-order valence-corrected chi connectivity index (χ1v) is 4.78. The maximum Gasteiger partial charge on any atom is 0.131 e. The zero-order valence-electron chi connectivity index (χ0n) is 8.77. The zero-order chi connectivity index (χ0) is 12.7. The van der Waals surface area contributed by atoms with Crippen LogP contribution in [-0.4, -0.2) is 13.1 Å². The van der Waals surface area contributed by atoms with Crippen molar-refractivity contribution in [2.24, 2.45) is 5.11 Å². The van der Waals surface area contributed by atoms with Crippen LogP contribution < -0.4 is 5.32 Å². The molecule has 0 saturated heterocycles. The lowest BCUT2D eigenvalue weighted by molar-refractivity contribution is 0.516. The molecule has 7 heteroatoms. The SMILES string of the molecule is N#CC(NCCN=[N+]=[N-])c1c(F)cccc1F. The maximum absolute atomic E-state index is 13.3. The van der Waals surface area contributed by atoms with Crippen molar-refractivity contribution in [1.82, 2.24) is 5.32 Å². The van der Waals surface area contributed by atoms with Gasteiger partial charge in [0.1, 0.15) is 17.7 Å². The van der Waals surface area contributed by atoms with Crippen molar-refractivity contribution in [2.45, 2.75) is 6.04 Å². The van der Waals surface area contributed by atoms with E-state index in [1.165, 1.54) is 6.07 Å². The monoisotopic (exact) mass is 237 g/mol. The Kier molecular flexibility index (Phi) is 4.88. The van der Waals surface area contributed by atoms with Gasteiger partial charge < -0.3 is 0 Å². The number of nitriles is 1. The van der Waals surface area contributed by atoms with Crippen LogP contribution in [0.1, 0.15) is 11.6 Å². The number of rotatable bonds is 5. The van der Waals surface area contributed by atoms with E-state index in [1.54, 1.807) is 6.07 Å². The third kappa shape index (κ3) is 3.41. The molecule has 0 spiro atoms. The Morgan fingerprint density at radius 3 is 2.65 bits per heavy atom. The molecule has 1 aromatic rings. The van der Waals surface area contributed by atoms with Crippen molar-refractivity contribution >= 4 is 0 Å². The minimum absolute atomic E-state index is 0.102. The molecule has 17 heavy (non-hydrogen) atoms. The summed E-state index contributed by atoms with van der Waals surface area (Å²) in [5.41, 5.74) is 7.72. The highest BCUT2D eigenvalue weighted by atomic mass is 19.1. The molecular weight excluding hydrogens is 228 g/mol. The molecule has 0 fully saturated rings. The van der Waals surface area contributed by atoms with Gasteiger partial charge in [-0.3, -0.25) is 5.32 Å². The molecule has 1 unspecified atom stereocenters. The Morgan fingerprint density at radius 1 is 1.47 bits per heavy atom. The summed E-state index contributed by atoms with van der Waals surface area (Å²) >= 11 is 0. The van der Waals surface area contributed by atoms with Crippen LogP contribution in [0.25, 0.3) is 10.4 Å². The van der Waals surface area contributed by atoms with Crippen LogP contribution in [0.15, 0.2) is 23.3 Å². The summed E-state index contributed by atoms with van der Waals surface area (Å²) in [5.74, 6) is -1.57. The second-order valence-electron chi connectivity index (χ2n) is 3.11. The van der Waals surface area contributed by atoms with E-state index in [0.29, 0.717) is 0 Å². The second kappa shape index (κ2) is 6.43. The van der Waals surface area contributed by atoms with Gasteiger partial charge in [0.25, 0.3) is 0 Å². The number of nitrogens with zero attached hydrogens (tertiary/aromatic N) is 4. The normalized spacial score (nSPS) is 11.4. The number of azide groups is 1. The number of benzene rings is 1. The standard InChI is InChI=1S/C10H9F2N5/c11-7-2-1-3-8(12)10(7)9(6-13)15-4-5-16-17-14/h1-3,9,15H,4-5H2. The molecule has 0 aliphatic carbocycles. The van der Waals surface area contributed by atoms with Gasteiger partial charge in [-0.1, -0.05) is 11.2 Å². The Bertz CT molecular complexity index is 456. The molecule has 1 aromatic carbocycles. The molecule has 0 amide bonds. The van der Waals surface area contributed by atoms with Gasteiger partial charge in [0.05, 0.1) is 11.6 Å². The molecule has 0 aromatic heterocycles. The molecular formula is C10H9F2N5. The fourth-order valence-corrected chi connectivity index (χ4v) is 1.30. The first-order chi connectivity index (χ1) is 8.20. The van der Waals surface area contributed by atoms with Gasteiger partial charge in [-0.05, 0) is 17.7 Å². The molecule has 5 nitrogen and oxygen atoms in total. The van der Waals surface area contributed by atoms with Crippen molar-refractivity contribution in [1.29, 1.82) is 5.26 Å². The molecule has 0 bridgehead atoms. The van der Waals surface area contributed by atoms with E-state index >= 15 is 0 Å². The van der Waals surface area contributed by atoms with Gasteiger partial charge in [-0.2, -0.15) is 5.26 Å². The highest BCUT2D eigenvalue weighted by Gasteiger charge is 2.18. The average Bonchev–Trinajstić information content (AvgIpc) is 2.31. The average molecular weight is 237 g/mol. The molecule has 1 atom stereocenters. The molecule has 0 heterocycles. The van der Waals surface area contributed by atoms with Crippen molar-refractivity contribution < 1.29 is 8.78 Å². The summed E-state index contributed by atoms with van der Waals surface area (Å²) in [6.45, 7) is 0.265. The molecule has 0 aliphatic heterocycles. The van der Waals surface area contributed by atoms with E-state index in [-0.39, 0.29) is 18.7 Å². The third-order valence-corrected chi connectivity index (χ3v) is 2.04. The number of hydrogen-bond donors (Lipinski definition) is 1. The summed E-state index contributed by atoms with van der Waals surface area (Å²) in [7, 11) is 0. The van der Waals surface area contributed by atoms with Crippen LogP contribution in [-0.2, 0) is 0 Å². The van der Waals surface area contributed by atoms with Crippen molar-refractivity contribution in [3.8, 4) is 6.07 Å². The molecule has 1 N–H and O–H groups in total. The summed E-state index contributed by atoms with van der Waals surface area (Å²) in [5, 5.41) is 14.7. The molecule has 0 radical (unpaired) electrons. The van der Waals surface area contributed by atoms with Gasteiger partial charge in [-0.15, -0.1) is 0 Å². The second-order valence-corrected chi connectivity index (χ2v) is 3.11. The first kappa shape index (κ1) is 12.9. The molecule has 0 aliphatic rings. The Hall–Kier alpha value is -2.16. The van der Waals surface area contributed by atoms with Crippen LogP contribution in [0.4, 0.5) is 8.78 Å². The maximum atomic E-state index is 13.3. The van der Waals surface area contributed by atoms with E-state index in [0.717, 1.165) is 12.1 Å².